The van der Waals surface area contributed by atoms with Gasteiger partial charge in [-0.15, -0.1) is 0 Å². The standard InChI is InChI=1S/C12H24N2OS/c1-6-9(10(13)16)11(15)14-7-12(4,5)8(2)3/h8-9H,6-7H2,1-5H3,(H2,13,16)(H,14,15). The van der Waals surface area contributed by atoms with E-state index >= 15 is 0 Å². The van der Waals surface area contributed by atoms with Gasteiger partial charge in [0.2, 0.25) is 5.91 Å². The van der Waals surface area contributed by atoms with Gasteiger partial charge in [0, 0.05) is 6.54 Å². The lowest BCUT2D eigenvalue weighted by molar-refractivity contribution is -0.123. The van der Waals surface area contributed by atoms with Crippen molar-refractivity contribution in [3.05, 3.63) is 0 Å². The molecule has 16 heavy (non-hydrogen) atoms. The second kappa shape index (κ2) is 6.18. The third-order valence-corrected chi connectivity index (χ3v) is 3.63. The van der Waals surface area contributed by atoms with Crippen LogP contribution >= 0.6 is 12.2 Å². The van der Waals surface area contributed by atoms with Crippen molar-refractivity contribution in [2.24, 2.45) is 23.0 Å². The molecule has 0 rings (SSSR count). The van der Waals surface area contributed by atoms with E-state index in [4.69, 9.17) is 18.0 Å². The van der Waals surface area contributed by atoms with E-state index in [1.54, 1.807) is 0 Å². The van der Waals surface area contributed by atoms with Crippen LogP contribution in [0.1, 0.15) is 41.0 Å². The maximum Gasteiger partial charge on any atom is 0.229 e. The third kappa shape index (κ3) is 4.47. The Morgan fingerprint density at radius 1 is 1.44 bits per heavy atom. The highest BCUT2D eigenvalue weighted by Gasteiger charge is 2.25. The van der Waals surface area contributed by atoms with Crippen molar-refractivity contribution in [1.82, 2.24) is 5.32 Å². The van der Waals surface area contributed by atoms with Crippen LogP contribution in [0.5, 0.6) is 0 Å². The first-order valence-corrected chi connectivity index (χ1v) is 6.20. The smallest absolute Gasteiger partial charge is 0.229 e. The number of amides is 1. The van der Waals surface area contributed by atoms with Crippen LogP contribution in [-0.2, 0) is 4.79 Å². The number of carbonyl (C=O) groups excluding carboxylic acids is 1. The summed E-state index contributed by atoms with van der Waals surface area (Å²) in [6.07, 6.45) is 0.656. The lowest BCUT2D eigenvalue weighted by Crippen LogP contribution is -2.42. The second-order valence-corrected chi connectivity index (χ2v) is 5.70. The van der Waals surface area contributed by atoms with E-state index in [1.807, 2.05) is 6.92 Å². The molecule has 0 aromatic carbocycles. The summed E-state index contributed by atoms with van der Waals surface area (Å²) in [5, 5.41) is 2.93. The fourth-order valence-electron chi connectivity index (χ4n) is 1.16. The Labute approximate surface area is 104 Å². The monoisotopic (exact) mass is 244 g/mol. The maximum atomic E-state index is 11.8. The molecule has 0 aliphatic heterocycles. The fourth-order valence-corrected chi connectivity index (χ4v) is 1.43. The molecule has 0 aromatic rings. The molecule has 0 saturated carbocycles. The summed E-state index contributed by atoms with van der Waals surface area (Å²) in [5.74, 6) is 0.124. The van der Waals surface area contributed by atoms with Gasteiger partial charge in [0.15, 0.2) is 0 Å². The number of carbonyl (C=O) groups is 1. The minimum absolute atomic E-state index is 0.0521. The van der Waals surface area contributed by atoms with Crippen molar-refractivity contribution in [3.63, 3.8) is 0 Å². The van der Waals surface area contributed by atoms with Crippen LogP contribution in [0, 0.1) is 17.3 Å². The van der Waals surface area contributed by atoms with Crippen molar-refractivity contribution in [3.8, 4) is 0 Å². The van der Waals surface area contributed by atoms with E-state index < -0.39 is 0 Å². The molecule has 3 N–H and O–H groups in total. The van der Waals surface area contributed by atoms with Gasteiger partial charge in [-0.3, -0.25) is 4.79 Å². The molecule has 0 aliphatic carbocycles. The first kappa shape index (κ1) is 15.4. The molecular weight excluding hydrogens is 220 g/mol. The predicted molar refractivity (Wildman–Crippen MR) is 72.2 cm³/mol. The van der Waals surface area contributed by atoms with Crippen LogP contribution in [0.15, 0.2) is 0 Å². The highest BCUT2D eigenvalue weighted by molar-refractivity contribution is 7.80. The molecule has 4 heteroatoms. The Balaban J connectivity index is 4.31. The average molecular weight is 244 g/mol. The lowest BCUT2D eigenvalue weighted by Gasteiger charge is -2.30. The Morgan fingerprint density at radius 2 is 1.94 bits per heavy atom. The van der Waals surface area contributed by atoms with E-state index in [2.05, 4.69) is 33.0 Å². The molecule has 0 fully saturated rings. The zero-order valence-corrected chi connectivity index (χ0v) is 11.8. The highest BCUT2D eigenvalue weighted by Crippen LogP contribution is 2.24. The average Bonchev–Trinajstić information content (AvgIpc) is 2.15. The summed E-state index contributed by atoms with van der Waals surface area (Å²) >= 11 is 4.87. The highest BCUT2D eigenvalue weighted by atomic mass is 32.1. The molecule has 0 spiro atoms. The predicted octanol–water partition coefficient (Wildman–Crippen LogP) is 2.10. The molecule has 94 valence electrons. The lowest BCUT2D eigenvalue weighted by atomic mass is 9.81. The first-order chi connectivity index (χ1) is 7.22. The zero-order chi connectivity index (χ0) is 12.9. The van der Waals surface area contributed by atoms with Crippen LogP contribution in [0.2, 0.25) is 0 Å². The first-order valence-electron chi connectivity index (χ1n) is 5.79. The summed E-state index contributed by atoms with van der Waals surface area (Å²) in [6, 6.07) is 0. The molecule has 0 saturated heterocycles. The normalized spacial score (nSPS) is 13.6. The van der Waals surface area contributed by atoms with Crippen LogP contribution in [0.25, 0.3) is 0 Å². The molecular formula is C12H24N2OS. The second-order valence-electron chi connectivity index (χ2n) is 5.22. The van der Waals surface area contributed by atoms with E-state index in [-0.39, 0.29) is 22.2 Å². The van der Waals surface area contributed by atoms with Gasteiger partial charge in [0.05, 0.1) is 10.9 Å². The summed E-state index contributed by atoms with van der Waals surface area (Å²) in [4.78, 5) is 12.1. The number of thiocarbonyl (C=S) groups is 1. The van der Waals surface area contributed by atoms with E-state index in [9.17, 15) is 4.79 Å². The van der Waals surface area contributed by atoms with E-state index in [0.717, 1.165) is 0 Å². The quantitative estimate of drug-likeness (QED) is 0.704. The van der Waals surface area contributed by atoms with E-state index in [1.165, 1.54) is 0 Å². The van der Waals surface area contributed by atoms with Gasteiger partial charge >= 0.3 is 0 Å². The van der Waals surface area contributed by atoms with Crippen LogP contribution in [0.4, 0.5) is 0 Å². The molecule has 0 heterocycles. The van der Waals surface area contributed by atoms with Crippen LogP contribution in [0.3, 0.4) is 0 Å². The topological polar surface area (TPSA) is 55.1 Å². The minimum atomic E-state index is -0.335. The van der Waals surface area contributed by atoms with Gasteiger partial charge in [-0.05, 0) is 17.8 Å². The molecule has 1 atom stereocenters. The van der Waals surface area contributed by atoms with Crippen molar-refractivity contribution < 1.29 is 4.79 Å². The van der Waals surface area contributed by atoms with Gasteiger partial charge in [-0.25, -0.2) is 0 Å². The van der Waals surface area contributed by atoms with Gasteiger partial charge in [0.1, 0.15) is 0 Å². The number of rotatable bonds is 6. The molecule has 1 amide bonds. The minimum Gasteiger partial charge on any atom is -0.393 e. The van der Waals surface area contributed by atoms with Crippen LogP contribution in [-0.4, -0.2) is 17.4 Å². The zero-order valence-electron chi connectivity index (χ0n) is 11.0. The number of hydrogen-bond donors (Lipinski definition) is 2. The Hall–Kier alpha value is -0.640. The molecule has 0 aromatic heterocycles. The van der Waals surface area contributed by atoms with Gasteiger partial charge in [-0.2, -0.15) is 0 Å². The molecule has 0 aliphatic rings. The summed E-state index contributed by atoms with van der Waals surface area (Å²) in [7, 11) is 0. The molecule has 3 nitrogen and oxygen atoms in total. The maximum absolute atomic E-state index is 11.8. The Bertz CT molecular complexity index is 262. The largest absolute Gasteiger partial charge is 0.393 e. The van der Waals surface area contributed by atoms with Crippen molar-refractivity contribution >= 4 is 23.1 Å². The van der Waals surface area contributed by atoms with Gasteiger partial charge in [0.25, 0.3) is 0 Å². The van der Waals surface area contributed by atoms with Crippen molar-refractivity contribution in [1.29, 1.82) is 0 Å². The molecule has 1 unspecified atom stereocenters. The van der Waals surface area contributed by atoms with Gasteiger partial charge < -0.3 is 11.1 Å². The van der Waals surface area contributed by atoms with Crippen molar-refractivity contribution in [2.75, 3.05) is 6.54 Å². The van der Waals surface area contributed by atoms with E-state index in [0.29, 0.717) is 18.9 Å². The third-order valence-electron chi connectivity index (χ3n) is 3.35. The van der Waals surface area contributed by atoms with Crippen LogP contribution < -0.4 is 11.1 Å². The van der Waals surface area contributed by atoms with Crippen molar-refractivity contribution in [2.45, 2.75) is 41.0 Å². The molecule has 0 bridgehead atoms. The number of hydrogen-bond acceptors (Lipinski definition) is 2. The SMILES string of the molecule is CCC(C(=O)NCC(C)(C)C(C)C)C(N)=S. The summed E-state index contributed by atoms with van der Waals surface area (Å²) < 4.78 is 0. The Morgan fingerprint density at radius 3 is 2.25 bits per heavy atom. The summed E-state index contributed by atoms with van der Waals surface area (Å²) in [6.45, 7) is 11.1. The number of nitrogens with one attached hydrogen (secondary N) is 1. The fraction of sp³-hybridized carbons (Fsp3) is 0.833. The summed E-state index contributed by atoms with van der Waals surface area (Å²) in [5.41, 5.74) is 5.61. The Kier molecular flexibility index (Phi) is 5.94. The van der Waals surface area contributed by atoms with Gasteiger partial charge in [-0.1, -0.05) is 46.8 Å². The number of nitrogens with two attached hydrogens (primary N) is 1. The molecule has 0 radical (unpaired) electrons.